The molecule has 0 saturated carbocycles. The van der Waals surface area contributed by atoms with Crippen molar-refractivity contribution in [2.75, 3.05) is 0 Å². The number of nitrogens with two attached hydrogens (primary N) is 1. The molecule has 1 unspecified atom stereocenters. The molecule has 0 aliphatic carbocycles. The van der Waals surface area contributed by atoms with Crippen LogP contribution in [0.15, 0.2) is 18.3 Å². The van der Waals surface area contributed by atoms with Crippen LogP contribution in [0.5, 0.6) is 0 Å². The minimum absolute atomic E-state index is 0.405. The fraction of sp³-hybridized carbons (Fsp3) is 0.333. The summed E-state index contributed by atoms with van der Waals surface area (Å²) >= 11 is 0. The lowest BCUT2D eigenvalue weighted by atomic mass is 10.2. The zero-order chi connectivity index (χ0) is 9.84. The van der Waals surface area contributed by atoms with E-state index in [1.165, 1.54) is 6.92 Å². The average Bonchev–Trinajstić information content (AvgIpc) is 2.03. The Bertz CT molecular complexity index is 312. The Labute approximate surface area is 76.7 Å². The van der Waals surface area contributed by atoms with Gasteiger partial charge in [0.2, 0.25) is 0 Å². The number of esters is 1. The Morgan fingerprint density at radius 2 is 2.38 bits per heavy atom. The van der Waals surface area contributed by atoms with E-state index in [-0.39, 0.29) is 0 Å². The first-order valence-electron chi connectivity index (χ1n) is 3.95. The fourth-order valence-electron chi connectivity index (χ4n) is 1.03. The first kappa shape index (κ1) is 9.67. The van der Waals surface area contributed by atoms with Crippen LogP contribution in [-0.2, 0) is 9.53 Å². The van der Waals surface area contributed by atoms with Gasteiger partial charge in [0.25, 0.3) is 0 Å². The summed E-state index contributed by atoms with van der Waals surface area (Å²) in [6.45, 7) is 3.18. The summed E-state index contributed by atoms with van der Waals surface area (Å²) in [6.07, 6.45) is 0.852. The number of carbonyl (C=O) groups is 1. The van der Waals surface area contributed by atoms with Crippen molar-refractivity contribution >= 4 is 5.97 Å². The maximum Gasteiger partial charge on any atom is 0.304 e. The van der Waals surface area contributed by atoms with E-state index in [1.807, 2.05) is 13.0 Å². The first-order valence-corrected chi connectivity index (χ1v) is 3.95. The van der Waals surface area contributed by atoms with Gasteiger partial charge < -0.3 is 4.74 Å². The lowest BCUT2D eigenvalue weighted by Crippen LogP contribution is -2.19. The van der Waals surface area contributed by atoms with Crippen LogP contribution in [0.4, 0.5) is 0 Å². The van der Waals surface area contributed by atoms with E-state index < -0.39 is 12.2 Å². The number of rotatable bonds is 2. The van der Waals surface area contributed by atoms with Gasteiger partial charge in [0.1, 0.15) is 0 Å². The van der Waals surface area contributed by atoms with Crippen molar-refractivity contribution in [1.29, 1.82) is 0 Å². The second-order valence-electron chi connectivity index (χ2n) is 2.74. The van der Waals surface area contributed by atoms with E-state index in [1.54, 1.807) is 12.3 Å². The number of aromatic nitrogens is 1. The monoisotopic (exact) mass is 180 g/mol. The predicted octanol–water partition coefficient (Wildman–Crippen LogP) is 0.910. The van der Waals surface area contributed by atoms with Crippen LogP contribution in [-0.4, -0.2) is 11.0 Å². The molecule has 0 bridgehead atoms. The number of hydrogen-bond acceptors (Lipinski definition) is 4. The van der Waals surface area contributed by atoms with E-state index in [4.69, 9.17) is 10.5 Å². The third-order valence-corrected chi connectivity index (χ3v) is 1.61. The van der Waals surface area contributed by atoms with E-state index >= 15 is 0 Å². The summed E-state index contributed by atoms with van der Waals surface area (Å²) in [4.78, 5) is 14.6. The molecule has 1 heterocycles. The van der Waals surface area contributed by atoms with E-state index in [0.29, 0.717) is 5.69 Å². The standard InChI is InChI=1S/C9H12N2O2/c1-6-4-3-5-11-8(6)9(10)13-7(2)12/h3-5,9H,10H2,1-2H3. The normalized spacial score (nSPS) is 12.2. The van der Waals surface area contributed by atoms with Gasteiger partial charge >= 0.3 is 5.97 Å². The molecular weight excluding hydrogens is 168 g/mol. The lowest BCUT2D eigenvalue weighted by molar-refractivity contribution is -0.146. The zero-order valence-electron chi connectivity index (χ0n) is 7.65. The summed E-state index contributed by atoms with van der Waals surface area (Å²) in [7, 11) is 0. The molecule has 2 N–H and O–H groups in total. The summed E-state index contributed by atoms with van der Waals surface area (Å²) in [5.41, 5.74) is 7.10. The zero-order valence-corrected chi connectivity index (χ0v) is 7.65. The van der Waals surface area contributed by atoms with Gasteiger partial charge in [0.05, 0.1) is 5.69 Å². The highest BCUT2D eigenvalue weighted by Crippen LogP contribution is 2.12. The molecule has 1 atom stereocenters. The Morgan fingerprint density at radius 3 is 2.92 bits per heavy atom. The summed E-state index contributed by atoms with van der Waals surface area (Å²) in [6, 6.07) is 3.67. The van der Waals surface area contributed by atoms with Crippen LogP contribution < -0.4 is 5.73 Å². The molecule has 0 aliphatic rings. The molecular formula is C9H12N2O2. The van der Waals surface area contributed by atoms with E-state index in [0.717, 1.165) is 5.56 Å². The molecule has 4 heteroatoms. The Hall–Kier alpha value is -1.42. The molecule has 0 radical (unpaired) electrons. The van der Waals surface area contributed by atoms with Crippen LogP contribution in [0.1, 0.15) is 24.4 Å². The van der Waals surface area contributed by atoms with Gasteiger partial charge in [-0.15, -0.1) is 0 Å². The van der Waals surface area contributed by atoms with Crippen LogP contribution in [0.25, 0.3) is 0 Å². The molecule has 4 nitrogen and oxygen atoms in total. The highest BCUT2D eigenvalue weighted by atomic mass is 16.6. The van der Waals surface area contributed by atoms with Crippen molar-refractivity contribution < 1.29 is 9.53 Å². The Balaban J connectivity index is 2.82. The second kappa shape index (κ2) is 4.00. The molecule has 0 saturated heterocycles. The summed E-state index contributed by atoms with van der Waals surface area (Å²) in [5, 5.41) is 0. The molecule has 1 aromatic heterocycles. The SMILES string of the molecule is CC(=O)OC(N)c1ncccc1C. The number of hydrogen-bond donors (Lipinski definition) is 1. The van der Waals surface area contributed by atoms with Crippen molar-refractivity contribution in [1.82, 2.24) is 4.98 Å². The predicted molar refractivity (Wildman–Crippen MR) is 47.7 cm³/mol. The number of pyridine rings is 1. The van der Waals surface area contributed by atoms with Gasteiger partial charge in [-0.2, -0.15) is 0 Å². The smallest absolute Gasteiger partial charge is 0.304 e. The van der Waals surface area contributed by atoms with Crippen molar-refractivity contribution in [2.24, 2.45) is 5.73 Å². The van der Waals surface area contributed by atoms with E-state index in [9.17, 15) is 4.79 Å². The number of carbonyl (C=O) groups excluding carboxylic acids is 1. The van der Waals surface area contributed by atoms with Crippen molar-refractivity contribution in [2.45, 2.75) is 20.1 Å². The maximum atomic E-state index is 10.6. The van der Waals surface area contributed by atoms with Crippen molar-refractivity contribution in [3.05, 3.63) is 29.6 Å². The van der Waals surface area contributed by atoms with Gasteiger partial charge in [-0.25, -0.2) is 0 Å². The number of ether oxygens (including phenoxy) is 1. The molecule has 13 heavy (non-hydrogen) atoms. The molecule has 0 amide bonds. The van der Waals surface area contributed by atoms with Crippen LogP contribution in [0.3, 0.4) is 0 Å². The van der Waals surface area contributed by atoms with Crippen LogP contribution in [0.2, 0.25) is 0 Å². The largest absolute Gasteiger partial charge is 0.441 e. The van der Waals surface area contributed by atoms with Gasteiger partial charge in [-0.05, 0) is 18.6 Å². The van der Waals surface area contributed by atoms with E-state index in [2.05, 4.69) is 4.98 Å². The minimum atomic E-state index is -0.765. The fourth-order valence-corrected chi connectivity index (χ4v) is 1.03. The molecule has 70 valence electrons. The quantitative estimate of drug-likeness (QED) is 0.542. The lowest BCUT2D eigenvalue weighted by Gasteiger charge is -2.12. The number of aryl methyl sites for hydroxylation is 1. The second-order valence-corrected chi connectivity index (χ2v) is 2.74. The maximum absolute atomic E-state index is 10.6. The topological polar surface area (TPSA) is 65.2 Å². The van der Waals surface area contributed by atoms with Crippen LogP contribution >= 0.6 is 0 Å². The molecule has 0 fully saturated rings. The van der Waals surface area contributed by atoms with Gasteiger partial charge in [0, 0.05) is 13.1 Å². The molecule has 0 aromatic carbocycles. The first-order chi connectivity index (χ1) is 6.11. The average molecular weight is 180 g/mol. The highest BCUT2D eigenvalue weighted by Gasteiger charge is 2.11. The van der Waals surface area contributed by atoms with Crippen LogP contribution in [0, 0.1) is 6.92 Å². The van der Waals surface area contributed by atoms with Crippen molar-refractivity contribution in [3.63, 3.8) is 0 Å². The Morgan fingerprint density at radius 1 is 1.69 bits per heavy atom. The Kier molecular flexibility index (Phi) is 2.97. The molecule has 0 spiro atoms. The van der Waals surface area contributed by atoms with Gasteiger partial charge in [-0.3, -0.25) is 15.5 Å². The van der Waals surface area contributed by atoms with Crippen molar-refractivity contribution in [3.8, 4) is 0 Å². The van der Waals surface area contributed by atoms with Gasteiger partial charge in [0.15, 0.2) is 6.23 Å². The third-order valence-electron chi connectivity index (χ3n) is 1.61. The van der Waals surface area contributed by atoms with Gasteiger partial charge in [-0.1, -0.05) is 6.07 Å². The highest BCUT2D eigenvalue weighted by molar-refractivity contribution is 5.66. The third kappa shape index (κ3) is 2.52. The molecule has 1 aromatic rings. The summed E-state index contributed by atoms with van der Waals surface area (Å²) in [5.74, 6) is -0.405. The summed E-state index contributed by atoms with van der Waals surface area (Å²) < 4.78 is 4.79. The minimum Gasteiger partial charge on any atom is -0.441 e. The molecule has 1 rings (SSSR count). The number of nitrogens with zero attached hydrogens (tertiary/aromatic N) is 1. The molecule has 0 aliphatic heterocycles.